The molecule has 0 amide bonds. The summed E-state index contributed by atoms with van der Waals surface area (Å²) in [6, 6.07) is 0. The van der Waals surface area contributed by atoms with Gasteiger partial charge in [0.1, 0.15) is 0 Å². The second-order valence-corrected chi connectivity index (χ2v) is 7.74. The van der Waals surface area contributed by atoms with Crippen LogP contribution in [-0.4, -0.2) is 70.9 Å². The van der Waals surface area contributed by atoms with Gasteiger partial charge in [-0.3, -0.25) is 4.99 Å². The first kappa shape index (κ1) is 22.1. The fraction of sp³-hybridized carbons (Fsp3) is 0.933. The molecule has 138 valence electrons. The third kappa shape index (κ3) is 10.5. The Morgan fingerprint density at radius 2 is 1.78 bits per heavy atom. The Kier molecular flexibility index (Phi) is 12.1. The minimum absolute atomic E-state index is 0.0624. The molecule has 0 fully saturated rings. The van der Waals surface area contributed by atoms with Crippen LogP contribution in [0.5, 0.6) is 0 Å². The van der Waals surface area contributed by atoms with Gasteiger partial charge in [-0.05, 0) is 12.3 Å². The number of rotatable bonds is 12. The molecule has 0 bridgehead atoms. The largest absolute Gasteiger partial charge is 0.381 e. The topological polar surface area (TPSA) is 83.0 Å². The van der Waals surface area contributed by atoms with Crippen molar-refractivity contribution in [2.24, 2.45) is 10.9 Å². The van der Waals surface area contributed by atoms with Gasteiger partial charge in [-0.25, -0.2) is 12.7 Å². The molecule has 0 rings (SSSR count). The summed E-state index contributed by atoms with van der Waals surface area (Å²) in [7, 11) is -1.53. The van der Waals surface area contributed by atoms with Crippen LogP contribution in [-0.2, 0) is 14.8 Å². The molecule has 0 radical (unpaired) electrons. The fourth-order valence-electron chi connectivity index (χ4n) is 1.97. The Balaban J connectivity index is 3.95. The third-order valence-electron chi connectivity index (χ3n) is 3.18. The zero-order valence-electron chi connectivity index (χ0n) is 15.3. The number of aliphatic imine (C=N–C) groups is 1. The molecule has 23 heavy (non-hydrogen) atoms. The molecule has 8 heteroatoms. The standard InChI is InChI=1S/C15H34N4O3S/c1-6-19(7-2)23(20,21)12-10-18-15(16-5)17-9-8-11-22-13-14(3)4/h14H,6-13H2,1-5H3,(H2,16,17,18). The van der Waals surface area contributed by atoms with Crippen LogP contribution in [0.3, 0.4) is 0 Å². The van der Waals surface area contributed by atoms with Crippen LogP contribution >= 0.6 is 0 Å². The number of nitrogens with zero attached hydrogens (tertiary/aromatic N) is 2. The summed E-state index contributed by atoms with van der Waals surface area (Å²) in [6.07, 6.45) is 0.880. The molecule has 0 heterocycles. The van der Waals surface area contributed by atoms with E-state index in [1.165, 1.54) is 4.31 Å². The number of hydrogen-bond acceptors (Lipinski definition) is 4. The highest BCUT2D eigenvalue weighted by Crippen LogP contribution is 1.99. The normalized spacial score (nSPS) is 12.9. The van der Waals surface area contributed by atoms with E-state index >= 15 is 0 Å². The second-order valence-electron chi connectivity index (χ2n) is 5.65. The molecule has 0 aliphatic heterocycles. The van der Waals surface area contributed by atoms with E-state index in [2.05, 4.69) is 29.5 Å². The van der Waals surface area contributed by atoms with E-state index in [0.29, 0.717) is 38.1 Å². The van der Waals surface area contributed by atoms with E-state index in [1.807, 2.05) is 13.8 Å². The van der Waals surface area contributed by atoms with Crippen LogP contribution in [0, 0.1) is 5.92 Å². The Hall–Kier alpha value is -0.860. The van der Waals surface area contributed by atoms with Gasteiger partial charge in [-0.1, -0.05) is 27.7 Å². The zero-order chi connectivity index (χ0) is 17.7. The molecule has 0 aromatic heterocycles. The average Bonchev–Trinajstić information content (AvgIpc) is 2.49. The lowest BCUT2D eigenvalue weighted by Gasteiger charge is -2.19. The monoisotopic (exact) mass is 350 g/mol. The predicted octanol–water partition coefficient (Wildman–Crippen LogP) is 0.886. The highest BCUT2D eigenvalue weighted by atomic mass is 32.2. The van der Waals surface area contributed by atoms with Crippen molar-refractivity contribution in [1.29, 1.82) is 0 Å². The minimum atomic E-state index is -3.20. The molecule has 0 aliphatic carbocycles. The molecular weight excluding hydrogens is 316 g/mol. The molecule has 0 spiro atoms. The van der Waals surface area contributed by atoms with E-state index in [-0.39, 0.29) is 5.75 Å². The van der Waals surface area contributed by atoms with Crippen LogP contribution in [0.25, 0.3) is 0 Å². The zero-order valence-corrected chi connectivity index (χ0v) is 16.1. The van der Waals surface area contributed by atoms with Crippen molar-refractivity contribution in [2.75, 3.05) is 52.2 Å². The fourth-order valence-corrected chi connectivity index (χ4v) is 3.37. The van der Waals surface area contributed by atoms with Crippen molar-refractivity contribution in [3.8, 4) is 0 Å². The van der Waals surface area contributed by atoms with Crippen molar-refractivity contribution in [3.05, 3.63) is 0 Å². The van der Waals surface area contributed by atoms with Crippen molar-refractivity contribution in [3.63, 3.8) is 0 Å². The molecule has 0 aromatic carbocycles. The van der Waals surface area contributed by atoms with Gasteiger partial charge in [-0.15, -0.1) is 0 Å². The Bertz CT molecular complexity index is 420. The van der Waals surface area contributed by atoms with Crippen molar-refractivity contribution in [2.45, 2.75) is 34.1 Å². The van der Waals surface area contributed by atoms with E-state index in [4.69, 9.17) is 4.74 Å². The third-order valence-corrected chi connectivity index (χ3v) is 5.21. The predicted molar refractivity (Wildman–Crippen MR) is 96.3 cm³/mol. The lowest BCUT2D eigenvalue weighted by Crippen LogP contribution is -2.42. The van der Waals surface area contributed by atoms with Crippen molar-refractivity contribution >= 4 is 16.0 Å². The molecular formula is C15H34N4O3S. The molecule has 0 aliphatic rings. The summed E-state index contributed by atoms with van der Waals surface area (Å²) in [5, 5.41) is 6.18. The van der Waals surface area contributed by atoms with Gasteiger partial charge in [0.25, 0.3) is 0 Å². The van der Waals surface area contributed by atoms with Gasteiger partial charge < -0.3 is 15.4 Å². The van der Waals surface area contributed by atoms with Gasteiger partial charge >= 0.3 is 0 Å². The van der Waals surface area contributed by atoms with Crippen LogP contribution in [0.2, 0.25) is 0 Å². The maximum absolute atomic E-state index is 12.1. The number of guanidine groups is 1. The number of hydrogen-bond donors (Lipinski definition) is 2. The molecule has 0 atom stereocenters. The van der Waals surface area contributed by atoms with Crippen molar-refractivity contribution < 1.29 is 13.2 Å². The maximum Gasteiger partial charge on any atom is 0.215 e. The van der Waals surface area contributed by atoms with Crippen molar-refractivity contribution in [1.82, 2.24) is 14.9 Å². The maximum atomic E-state index is 12.1. The molecule has 2 N–H and O–H groups in total. The van der Waals surface area contributed by atoms with E-state index in [1.54, 1.807) is 7.05 Å². The summed E-state index contributed by atoms with van der Waals surface area (Å²) < 4.78 is 31.1. The number of ether oxygens (including phenoxy) is 1. The van der Waals surface area contributed by atoms with Gasteiger partial charge in [0.05, 0.1) is 5.75 Å². The molecule has 7 nitrogen and oxygen atoms in total. The van der Waals surface area contributed by atoms with E-state index in [9.17, 15) is 8.42 Å². The van der Waals surface area contributed by atoms with Crippen LogP contribution in [0.4, 0.5) is 0 Å². The smallest absolute Gasteiger partial charge is 0.215 e. The second kappa shape index (κ2) is 12.5. The van der Waals surface area contributed by atoms with Crippen LogP contribution in [0.15, 0.2) is 4.99 Å². The SMILES string of the molecule is CCN(CC)S(=O)(=O)CCNC(=NC)NCCCOCC(C)C. The summed E-state index contributed by atoms with van der Waals surface area (Å²) in [5.74, 6) is 1.22. The minimum Gasteiger partial charge on any atom is -0.381 e. The number of nitrogens with one attached hydrogen (secondary N) is 2. The van der Waals surface area contributed by atoms with Gasteiger partial charge in [0.2, 0.25) is 10.0 Å². The lowest BCUT2D eigenvalue weighted by molar-refractivity contribution is 0.108. The Labute approximate surface area is 141 Å². The first-order valence-corrected chi connectivity index (χ1v) is 9.98. The summed E-state index contributed by atoms with van der Waals surface area (Å²) >= 11 is 0. The van der Waals surface area contributed by atoms with Crippen LogP contribution in [0.1, 0.15) is 34.1 Å². The van der Waals surface area contributed by atoms with Crippen LogP contribution < -0.4 is 10.6 Å². The Morgan fingerprint density at radius 3 is 2.30 bits per heavy atom. The summed E-state index contributed by atoms with van der Waals surface area (Å²) in [5.41, 5.74) is 0. The molecule has 0 saturated carbocycles. The average molecular weight is 351 g/mol. The molecule has 0 saturated heterocycles. The first-order chi connectivity index (χ1) is 10.9. The molecule has 0 unspecified atom stereocenters. The van der Waals surface area contributed by atoms with Gasteiger partial charge in [0, 0.05) is 46.4 Å². The Morgan fingerprint density at radius 1 is 1.17 bits per heavy atom. The number of sulfonamides is 1. The van der Waals surface area contributed by atoms with E-state index < -0.39 is 10.0 Å². The molecule has 0 aromatic rings. The highest BCUT2D eigenvalue weighted by molar-refractivity contribution is 7.89. The summed E-state index contributed by atoms with van der Waals surface area (Å²) in [6.45, 7) is 11.5. The lowest BCUT2D eigenvalue weighted by atomic mass is 10.2. The van der Waals surface area contributed by atoms with E-state index in [0.717, 1.165) is 19.6 Å². The first-order valence-electron chi connectivity index (χ1n) is 8.37. The summed E-state index contributed by atoms with van der Waals surface area (Å²) in [4.78, 5) is 4.08. The quantitative estimate of drug-likeness (QED) is 0.310. The highest BCUT2D eigenvalue weighted by Gasteiger charge is 2.18. The van der Waals surface area contributed by atoms with Gasteiger partial charge in [0.15, 0.2) is 5.96 Å². The van der Waals surface area contributed by atoms with Gasteiger partial charge in [-0.2, -0.15) is 0 Å².